The highest BCUT2D eigenvalue weighted by Crippen LogP contribution is 2.38. The van der Waals surface area contributed by atoms with E-state index in [-0.39, 0.29) is 24.4 Å². The molecule has 1 aliphatic carbocycles. The van der Waals surface area contributed by atoms with E-state index in [1.807, 2.05) is 49.6 Å². The summed E-state index contributed by atoms with van der Waals surface area (Å²) in [6.07, 6.45) is 6.59. The average Bonchev–Trinajstić information content (AvgIpc) is 3.42. The quantitative estimate of drug-likeness (QED) is 0.462. The first-order chi connectivity index (χ1) is 16.4. The Morgan fingerprint density at radius 1 is 1.18 bits per heavy atom. The largest absolute Gasteiger partial charge is 0.351 e. The minimum Gasteiger partial charge on any atom is -0.351 e. The van der Waals surface area contributed by atoms with Gasteiger partial charge in [-0.05, 0) is 61.9 Å². The molecule has 0 saturated heterocycles. The Morgan fingerprint density at radius 3 is 2.65 bits per heavy atom. The van der Waals surface area contributed by atoms with Crippen LogP contribution in [0.4, 0.5) is 5.69 Å². The fourth-order valence-electron chi connectivity index (χ4n) is 5.11. The highest BCUT2D eigenvalue weighted by Gasteiger charge is 2.49. The Kier molecular flexibility index (Phi) is 6.25. The maximum atomic E-state index is 14.0. The van der Waals surface area contributed by atoms with E-state index < -0.39 is 5.54 Å². The summed E-state index contributed by atoms with van der Waals surface area (Å²) in [4.78, 5) is 30.5. The minimum atomic E-state index is -1.15. The third-order valence-electron chi connectivity index (χ3n) is 7.09. The number of halogens is 1. The molecule has 2 amide bonds. The van der Waals surface area contributed by atoms with Gasteiger partial charge in [0, 0.05) is 16.8 Å². The van der Waals surface area contributed by atoms with Crippen LogP contribution in [-0.4, -0.2) is 33.2 Å². The number of nitrogens with zero attached hydrogens (tertiary/aromatic N) is 3. The van der Waals surface area contributed by atoms with Crippen molar-refractivity contribution in [1.82, 2.24) is 15.1 Å². The molecule has 1 N–H and O–H groups in total. The SMILES string of the molecule is Cc1c(Cl)cccc1N1C(=O)c2cc(-c3cccs3)nn2CC1(C)C(=O)NC1CCCCCC1. The number of thiophene rings is 1. The summed E-state index contributed by atoms with van der Waals surface area (Å²) in [7, 11) is 0. The average molecular weight is 497 g/mol. The fraction of sp³-hybridized carbons (Fsp3) is 0.423. The van der Waals surface area contributed by atoms with Gasteiger partial charge < -0.3 is 5.32 Å². The molecule has 1 atom stereocenters. The maximum Gasteiger partial charge on any atom is 0.277 e. The lowest BCUT2D eigenvalue weighted by Gasteiger charge is -2.44. The zero-order valence-corrected chi connectivity index (χ0v) is 21.1. The Labute approximate surface area is 208 Å². The lowest BCUT2D eigenvalue weighted by molar-refractivity contribution is -0.127. The molecule has 2 aliphatic rings. The van der Waals surface area contributed by atoms with Gasteiger partial charge in [0.25, 0.3) is 5.91 Å². The van der Waals surface area contributed by atoms with Gasteiger partial charge in [-0.1, -0.05) is 49.4 Å². The summed E-state index contributed by atoms with van der Waals surface area (Å²) in [6.45, 7) is 3.99. The number of carbonyl (C=O) groups excluding carboxylic acids is 2. The molecule has 0 bridgehead atoms. The molecule has 0 radical (unpaired) electrons. The maximum absolute atomic E-state index is 14.0. The van der Waals surface area contributed by atoms with Gasteiger partial charge in [-0.2, -0.15) is 5.10 Å². The lowest BCUT2D eigenvalue weighted by Crippen LogP contribution is -2.65. The van der Waals surface area contributed by atoms with Crippen LogP contribution in [0.2, 0.25) is 5.02 Å². The number of benzene rings is 1. The van der Waals surface area contributed by atoms with Crippen molar-refractivity contribution in [3.63, 3.8) is 0 Å². The predicted molar refractivity (Wildman–Crippen MR) is 137 cm³/mol. The van der Waals surface area contributed by atoms with Crippen molar-refractivity contribution in [1.29, 1.82) is 0 Å². The molecular formula is C26H29ClN4O2S. The van der Waals surface area contributed by atoms with Gasteiger partial charge >= 0.3 is 0 Å². The van der Waals surface area contributed by atoms with Crippen LogP contribution in [0.1, 0.15) is 61.5 Å². The van der Waals surface area contributed by atoms with Crippen LogP contribution in [0, 0.1) is 6.92 Å². The number of hydrogen-bond donors (Lipinski definition) is 1. The van der Waals surface area contributed by atoms with Gasteiger partial charge in [-0.15, -0.1) is 11.3 Å². The smallest absolute Gasteiger partial charge is 0.277 e. The summed E-state index contributed by atoms with van der Waals surface area (Å²) in [5.41, 5.74) is 1.50. The van der Waals surface area contributed by atoms with Crippen LogP contribution in [0.5, 0.6) is 0 Å². The third kappa shape index (κ3) is 4.05. The Morgan fingerprint density at radius 2 is 1.94 bits per heavy atom. The van der Waals surface area contributed by atoms with Crippen LogP contribution in [0.25, 0.3) is 10.6 Å². The zero-order chi connectivity index (χ0) is 23.9. The van der Waals surface area contributed by atoms with Crippen molar-refractivity contribution < 1.29 is 9.59 Å². The van der Waals surface area contributed by atoms with E-state index in [0.717, 1.165) is 41.8 Å². The minimum absolute atomic E-state index is 0.130. The standard InChI is InChI=1S/C26H29ClN4O2S/c1-17-19(27)11-7-12-21(17)31-24(32)22-15-20(23-13-8-14-34-23)29-30(22)16-26(31,2)25(33)28-18-9-5-3-4-6-10-18/h7-8,11-15,18H,3-6,9-10,16H2,1-2H3,(H,28,33). The number of amides is 2. The molecule has 3 aromatic rings. The van der Waals surface area contributed by atoms with Crippen LogP contribution < -0.4 is 10.2 Å². The van der Waals surface area contributed by atoms with Gasteiger partial charge in [0.2, 0.25) is 5.91 Å². The summed E-state index contributed by atoms with van der Waals surface area (Å²) in [6, 6.07) is 11.4. The second-order valence-electron chi connectivity index (χ2n) is 9.51. The van der Waals surface area contributed by atoms with E-state index in [1.165, 1.54) is 12.8 Å². The highest BCUT2D eigenvalue weighted by molar-refractivity contribution is 7.13. The van der Waals surface area contributed by atoms with E-state index >= 15 is 0 Å². The van der Waals surface area contributed by atoms with Crippen LogP contribution in [-0.2, 0) is 11.3 Å². The van der Waals surface area contributed by atoms with Gasteiger partial charge in [-0.25, -0.2) is 0 Å². The Hall–Kier alpha value is -2.64. The summed E-state index contributed by atoms with van der Waals surface area (Å²) >= 11 is 8.02. The Balaban J connectivity index is 1.58. The third-order valence-corrected chi connectivity index (χ3v) is 8.39. The van der Waals surface area contributed by atoms with E-state index in [2.05, 4.69) is 5.32 Å². The molecule has 8 heteroatoms. The van der Waals surface area contributed by atoms with E-state index in [1.54, 1.807) is 27.0 Å². The first-order valence-corrected chi connectivity index (χ1v) is 13.2. The topological polar surface area (TPSA) is 67.2 Å². The monoisotopic (exact) mass is 496 g/mol. The van der Waals surface area contributed by atoms with Crippen molar-refractivity contribution in [2.24, 2.45) is 0 Å². The number of rotatable bonds is 4. The molecule has 34 heavy (non-hydrogen) atoms. The highest BCUT2D eigenvalue weighted by atomic mass is 35.5. The van der Waals surface area contributed by atoms with Gasteiger partial charge in [0.1, 0.15) is 16.9 Å². The molecule has 3 heterocycles. The number of fused-ring (bicyclic) bond motifs is 1. The number of hydrogen-bond acceptors (Lipinski definition) is 4. The molecule has 6 nitrogen and oxygen atoms in total. The Bertz CT molecular complexity index is 1210. The number of anilines is 1. The van der Waals surface area contributed by atoms with Gasteiger partial charge in [-0.3, -0.25) is 19.2 Å². The molecule has 1 aromatic carbocycles. The normalized spacial score (nSPS) is 21.3. The molecule has 178 valence electrons. The van der Waals surface area contributed by atoms with E-state index in [0.29, 0.717) is 16.4 Å². The molecule has 1 fully saturated rings. The molecule has 1 saturated carbocycles. The molecule has 2 aromatic heterocycles. The predicted octanol–water partition coefficient (Wildman–Crippen LogP) is 5.83. The first-order valence-electron chi connectivity index (χ1n) is 11.9. The van der Waals surface area contributed by atoms with Crippen LogP contribution >= 0.6 is 22.9 Å². The summed E-state index contributed by atoms with van der Waals surface area (Å²) in [5, 5.41) is 10.6. The van der Waals surface area contributed by atoms with Crippen molar-refractivity contribution in [2.75, 3.05) is 4.90 Å². The number of aromatic nitrogens is 2. The molecule has 1 unspecified atom stereocenters. The van der Waals surface area contributed by atoms with Crippen LogP contribution in [0.3, 0.4) is 0 Å². The zero-order valence-electron chi connectivity index (χ0n) is 19.5. The van der Waals surface area contributed by atoms with Crippen molar-refractivity contribution in [2.45, 2.75) is 70.5 Å². The van der Waals surface area contributed by atoms with E-state index in [9.17, 15) is 9.59 Å². The molecule has 5 rings (SSSR count). The second kappa shape index (κ2) is 9.19. The summed E-state index contributed by atoms with van der Waals surface area (Å²) < 4.78 is 1.69. The molecular weight excluding hydrogens is 468 g/mol. The molecule has 1 aliphatic heterocycles. The van der Waals surface area contributed by atoms with Crippen LogP contribution in [0.15, 0.2) is 41.8 Å². The van der Waals surface area contributed by atoms with Crippen molar-refractivity contribution in [3.8, 4) is 10.6 Å². The van der Waals surface area contributed by atoms with Gasteiger partial charge in [0.05, 0.1) is 11.4 Å². The lowest BCUT2D eigenvalue weighted by atomic mass is 9.92. The summed E-state index contributed by atoms with van der Waals surface area (Å²) in [5.74, 6) is -0.392. The fourth-order valence-corrected chi connectivity index (χ4v) is 5.96. The van der Waals surface area contributed by atoms with E-state index in [4.69, 9.17) is 16.7 Å². The number of carbonyl (C=O) groups is 2. The van der Waals surface area contributed by atoms with Crippen molar-refractivity contribution >= 4 is 40.4 Å². The number of nitrogens with one attached hydrogen (secondary N) is 1. The first kappa shape index (κ1) is 23.1. The van der Waals surface area contributed by atoms with Gasteiger partial charge in [0.15, 0.2) is 0 Å². The second-order valence-corrected chi connectivity index (χ2v) is 10.9. The molecule has 0 spiro atoms. The van der Waals surface area contributed by atoms with Crippen molar-refractivity contribution in [3.05, 3.63) is 58.1 Å².